The number of hydrogen-bond donors (Lipinski definition) is 1. The molecule has 0 aromatic heterocycles. The number of nitrogens with one attached hydrogen (secondary N) is 1. The molecule has 0 spiro atoms. The second-order valence-corrected chi connectivity index (χ2v) is 6.10. The van der Waals surface area contributed by atoms with Crippen molar-refractivity contribution in [3.63, 3.8) is 0 Å². The van der Waals surface area contributed by atoms with Gasteiger partial charge < -0.3 is 19.7 Å². The van der Waals surface area contributed by atoms with Crippen molar-refractivity contribution in [1.29, 1.82) is 0 Å². The monoisotopic (exact) mass is 290 g/mol. The summed E-state index contributed by atoms with van der Waals surface area (Å²) in [6.07, 6.45) is 3.02. The fourth-order valence-electron chi connectivity index (χ4n) is 2.86. The molecule has 3 rings (SSSR count). The highest BCUT2D eigenvalue weighted by atomic mass is 16.5. The highest BCUT2D eigenvalue weighted by Gasteiger charge is 2.28. The summed E-state index contributed by atoms with van der Waals surface area (Å²) in [6, 6.07) is 8.71. The summed E-state index contributed by atoms with van der Waals surface area (Å²) in [5, 5.41) is 3.58. The Morgan fingerprint density at radius 2 is 2.29 bits per heavy atom. The first kappa shape index (κ1) is 14.8. The molecule has 116 valence electrons. The van der Waals surface area contributed by atoms with Crippen LogP contribution in [-0.4, -0.2) is 50.4 Å². The lowest BCUT2D eigenvalue weighted by atomic mass is 9.99. The van der Waals surface area contributed by atoms with Gasteiger partial charge in [0.15, 0.2) is 0 Å². The first-order valence-electron chi connectivity index (χ1n) is 8.06. The summed E-state index contributed by atoms with van der Waals surface area (Å²) in [7, 11) is 2.16. The Morgan fingerprint density at radius 3 is 3.00 bits per heavy atom. The quantitative estimate of drug-likeness (QED) is 0.871. The fourth-order valence-corrected chi connectivity index (χ4v) is 2.86. The molecule has 1 aromatic rings. The highest BCUT2D eigenvalue weighted by Crippen LogP contribution is 2.30. The van der Waals surface area contributed by atoms with Crippen LogP contribution in [0.1, 0.15) is 31.4 Å². The first-order valence-corrected chi connectivity index (χ1v) is 8.06. The third-order valence-corrected chi connectivity index (χ3v) is 4.14. The minimum absolute atomic E-state index is 0.194. The molecular formula is C17H26N2O2. The molecule has 1 saturated carbocycles. The largest absolute Gasteiger partial charge is 0.490 e. The van der Waals surface area contributed by atoms with Crippen LogP contribution in [0.2, 0.25) is 0 Å². The molecule has 4 heteroatoms. The lowest BCUT2D eigenvalue weighted by molar-refractivity contribution is -0.0390. The Balaban J connectivity index is 1.75. The van der Waals surface area contributed by atoms with Crippen molar-refractivity contribution in [3.05, 3.63) is 29.8 Å². The van der Waals surface area contributed by atoms with Gasteiger partial charge in [-0.15, -0.1) is 0 Å². The predicted molar refractivity (Wildman–Crippen MR) is 83.7 cm³/mol. The number of likely N-dealkylation sites (N-methyl/N-ethyl adjacent to an activating group) is 2. The van der Waals surface area contributed by atoms with Crippen molar-refractivity contribution in [2.24, 2.45) is 0 Å². The molecule has 0 radical (unpaired) electrons. The van der Waals surface area contributed by atoms with E-state index in [1.54, 1.807) is 0 Å². The molecule has 1 heterocycles. The van der Waals surface area contributed by atoms with Crippen molar-refractivity contribution in [2.75, 3.05) is 33.3 Å². The molecule has 0 amide bonds. The van der Waals surface area contributed by atoms with Crippen LogP contribution in [0.15, 0.2) is 24.3 Å². The zero-order valence-electron chi connectivity index (χ0n) is 13.0. The normalized spacial score (nSPS) is 24.8. The SMILES string of the molecule is CCNC(c1cccc(OC2CC2)c1)C1CN(C)CCO1. The molecule has 4 nitrogen and oxygen atoms in total. The molecule has 2 aliphatic rings. The topological polar surface area (TPSA) is 33.7 Å². The van der Waals surface area contributed by atoms with E-state index in [2.05, 4.69) is 48.5 Å². The standard InChI is InChI=1S/C17H26N2O2/c1-3-18-17(16-12-19(2)9-10-20-16)13-5-4-6-15(11-13)21-14-7-8-14/h4-6,11,14,16-18H,3,7-10,12H2,1-2H3. The second kappa shape index (κ2) is 6.77. The van der Waals surface area contributed by atoms with Gasteiger partial charge >= 0.3 is 0 Å². The van der Waals surface area contributed by atoms with Crippen LogP contribution in [0.4, 0.5) is 0 Å². The average Bonchev–Trinajstić information content (AvgIpc) is 3.29. The molecule has 2 unspecified atom stereocenters. The average molecular weight is 290 g/mol. The molecule has 2 fully saturated rings. The van der Waals surface area contributed by atoms with E-state index in [9.17, 15) is 0 Å². The van der Waals surface area contributed by atoms with E-state index in [4.69, 9.17) is 9.47 Å². The summed E-state index contributed by atoms with van der Waals surface area (Å²) in [6.45, 7) is 5.86. The Hall–Kier alpha value is -1.10. The molecule has 1 saturated heterocycles. The zero-order chi connectivity index (χ0) is 14.7. The molecule has 0 bridgehead atoms. The van der Waals surface area contributed by atoms with Gasteiger partial charge in [0, 0.05) is 13.1 Å². The van der Waals surface area contributed by atoms with Gasteiger partial charge in [-0.1, -0.05) is 19.1 Å². The van der Waals surface area contributed by atoms with Gasteiger partial charge in [0.1, 0.15) is 5.75 Å². The number of nitrogens with zero attached hydrogens (tertiary/aromatic N) is 1. The zero-order valence-corrected chi connectivity index (χ0v) is 13.0. The Labute approximate surface area is 127 Å². The minimum Gasteiger partial charge on any atom is -0.490 e. The Morgan fingerprint density at radius 1 is 1.43 bits per heavy atom. The van der Waals surface area contributed by atoms with Gasteiger partial charge in [-0.05, 0) is 44.1 Å². The Kier molecular flexibility index (Phi) is 4.78. The van der Waals surface area contributed by atoms with E-state index in [1.165, 1.54) is 18.4 Å². The van der Waals surface area contributed by atoms with E-state index in [0.717, 1.165) is 32.0 Å². The van der Waals surface area contributed by atoms with E-state index in [1.807, 2.05) is 0 Å². The predicted octanol–water partition coefficient (Wildman–Crippen LogP) is 2.21. The number of benzene rings is 1. The minimum atomic E-state index is 0.194. The molecule has 2 atom stereocenters. The van der Waals surface area contributed by atoms with Crippen molar-refractivity contribution >= 4 is 0 Å². The maximum atomic E-state index is 6.01. The number of rotatable bonds is 6. The molecule has 1 aliphatic heterocycles. The first-order chi connectivity index (χ1) is 10.3. The van der Waals surface area contributed by atoms with E-state index in [-0.39, 0.29) is 12.1 Å². The Bertz CT molecular complexity index is 462. The van der Waals surface area contributed by atoms with Crippen LogP contribution in [-0.2, 0) is 4.74 Å². The molecular weight excluding hydrogens is 264 g/mol. The smallest absolute Gasteiger partial charge is 0.120 e. The van der Waals surface area contributed by atoms with Crippen molar-refractivity contribution < 1.29 is 9.47 Å². The number of hydrogen-bond acceptors (Lipinski definition) is 4. The number of ether oxygens (including phenoxy) is 2. The fraction of sp³-hybridized carbons (Fsp3) is 0.647. The molecule has 1 N–H and O–H groups in total. The van der Waals surface area contributed by atoms with Gasteiger partial charge in [0.05, 0.1) is 24.9 Å². The summed E-state index contributed by atoms with van der Waals surface area (Å²) >= 11 is 0. The molecule has 1 aliphatic carbocycles. The lowest BCUT2D eigenvalue weighted by Gasteiger charge is -2.35. The van der Waals surface area contributed by atoms with Gasteiger partial charge in [-0.25, -0.2) is 0 Å². The van der Waals surface area contributed by atoms with E-state index in [0.29, 0.717) is 6.10 Å². The second-order valence-electron chi connectivity index (χ2n) is 6.10. The van der Waals surface area contributed by atoms with Crippen LogP contribution in [0, 0.1) is 0 Å². The maximum absolute atomic E-state index is 6.01. The van der Waals surface area contributed by atoms with Crippen LogP contribution in [0.5, 0.6) is 5.75 Å². The lowest BCUT2D eigenvalue weighted by Crippen LogP contribution is -2.46. The van der Waals surface area contributed by atoms with Crippen molar-refractivity contribution in [2.45, 2.75) is 38.0 Å². The summed E-state index contributed by atoms with van der Waals surface area (Å²) in [4.78, 5) is 2.34. The van der Waals surface area contributed by atoms with Gasteiger partial charge in [0.2, 0.25) is 0 Å². The maximum Gasteiger partial charge on any atom is 0.120 e. The van der Waals surface area contributed by atoms with Crippen LogP contribution < -0.4 is 10.1 Å². The van der Waals surface area contributed by atoms with Crippen LogP contribution >= 0.6 is 0 Å². The van der Waals surface area contributed by atoms with Crippen LogP contribution in [0.3, 0.4) is 0 Å². The van der Waals surface area contributed by atoms with E-state index < -0.39 is 0 Å². The summed E-state index contributed by atoms with van der Waals surface area (Å²) < 4.78 is 11.9. The van der Waals surface area contributed by atoms with E-state index >= 15 is 0 Å². The van der Waals surface area contributed by atoms with Crippen molar-refractivity contribution in [3.8, 4) is 5.75 Å². The highest BCUT2D eigenvalue weighted by molar-refractivity contribution is 5.32. The van der Waals surface area contributed by atoms with Gasteiger partial charge in [-0.3, -0.25) is 0 Å². The summed E-state index contributed by atoms with van der Waals surface area (Å²) in [5.41, 5.74) is 1.26. The molecule has 21 heavy (non-hydrogen) atoms. The van der Waals surface area contributed by atoms with Crippen molar-refractivity contribution in [1.82, 2.24) is 10.2 Å². The molecule has 1 aromatic carbocycles. The summed E-state index contributed by atoms with van der Waals surface area (Å²) in [5.74, 6) is 0.988. The van der Waals surface area contributed by atoms with Gasteiger partial charge in [0.25, 0.3) is 0 Å². The third kappa shape index (κ3) is 3.96. The number of morpholine rings is 1. The van der Waals surface area contributed by atoms with Gasteiger partial charge in [-0.2, -0.15) is 0 Å². The van der Waals surface area contributed by atoms with Crippen LogP contribution in [0.25, 0.3) is 0 Å². The third-order valence-electron chi connectivity index (χ3n) is 4.14.